The number of hydrogen-bond donors (Lipinski definition) is 2. The second kappa shape index (κ2) is 10.5. The van der Waals surface area contributed by atoms with Crippen LogP contribution in [-0.4, -0.2) is 29.1 Å². The lowest BCUT2D eigenvalue weighted by molar-refractivity contribution is 0.0668. The number of rotatable bonds is 6. The van der Waals surface area contributed by atoms with E-state index in [4.69, 9.17) is 0 Å². The summed E-state index contributed by atoms with van der Waals surface area (Å²) in [5, 5.41) is 6.46. The fourth-order valence-corrected chi connectivity index (χ4v) is 3.98. The third-order valence-corrected chi connectivity index (χ3v) is 5.74. The minimum Gasteiger partial charge on any atom is -0.356 e. The van der Waals surface area contributed by atoms with Gasteiger partial charge in [-0.2, -0.15) is 8.78 Å². The SMILES string of the molecule is CN=C(NCc1nccn1C(F)F)NCC1(c2ccc(Br)cc2)CCCC1.I. The Hall–Kier alpha value is -1.23. The first-order valence-corrected chi connectivity index (χ1v) is 9.84. The molecule has 2 aromatic rings. The highest BCUT2D eigenvalue weighted by Crippen LogP contribution is 2.40. The molecule has 1 aromatic heterocycles. The molecule has 1 aliphatic carbocycles. The number of benzene rings is 1. The Balaban J connectivity index is 0.00000280. The lowest BCUT2D eigenvalue weighted by Crippen LogP contribution is -2.44. The van der Waals surface area contributed by atoms with Crippen LogP contribution in [0.15, 0.2) is 46.1 Å². The highest BCUT2D eigenvalue weighted by molar-refractivity contribution is 14.0. The van der Waals surface area contributed by atoms with Crippen molar-refractivity contribution in [3.63, 3.8) is 0 Å². The molecule has 0 spiro atoms. The van der Waals surface area contributed by atoms with E-state index in [1.54, 1.807) is 7.05 Å². The van der Waals surface area contributed by atoms with Gasteiger partial charge in [0.2, 0.25) is 0 Å². The average molecular weight is 568 g/mol. The predicted molar refractivity (Wildman–Crippen MR) is 121 cm³/mol. The van der Waals surface area contributed by atoms with E-state index in [1.807, 2.05) is 0 Å². The summed E-state index contributed by atoms with van der Waals surface area (Å²) in [7, 11) is 1.68. The van der Waals surface area contributed by atoms with Gasteiger partial charge < -0.3 is 10.6 Å². The molecule has 9 heteroatoms. The van der Waals surface area contributed by atoms with Crippen LogP contribution in [0.1, 0.15) is 43.6 Å². The highest BCUT2D eigenvalue weighted by Gasteiger charge is 2.35. The maximum atomic E-state index is 12.9. The van der Waals surface area contributed by atoms with Crippen molar-refractivity contribution in [3.05, 3.63) is 52.5 Å². The minimum atomic E-state index is -2.60. The van der Waals surface area contributed by atoms with Crippen molar-refractivity contribution in [2.45, 2.75) is 44.2 Å². The molecule has 5 nitrogen and oxygen atoms in total. The van der Waals surface area contributed by atoms with Crippen LogP contribution in [0.5, 0.6) is 0 Å². The van der Waals surface area contributed by atoms with E-state index in [1.165, 1.54) is 30.8 Å². The Kier molecular flexibility index (Phi) is 8.66. The van der Waals surface area contributed by atoms with Crippen molar-refractivity contribution in [2.75, 3.05) is 13.6 Å². The lowest BCUT2D eigenvalue weighted by atomic mass is 9.79. The molecule has 0 radical (unpaired) electrons. The molecule has 1 heterocycles. The standard InChI is InChI=1S/C19H24BrF2N5.HI/c1-23-18(25-12-16-24-10-11-27(16)17(21)22)26-13-19(8-2-3-9-19)14-4-6-15(20)7-5-14;/h4-7,10-11,17H,2-3,8-9,12-13H2,1H3,(H2,23,25,26);1H. The van der Waals surface area contributed by atoms with E-state index in [2.05, 4.69) is 60.8 Å². The van der Waals surface area contributed by atoms with Gasteiger partial charge in [0.1, 0.15) is 5.82 Å². The van der Waals surface area contributed by atoms with Gasteiger partial charge in [-0.25, -0.2) is 4.98 Å². The van der Waals surface area contributed by atoms with Gasteiger partial charge in [-0.3, -0.25) is 9.56 Å². The van der Waals surface area contributed by atoms with E-state index >= 15 is 0 Å². The van der Waals surface area contributed by atoms with Gasteiger partial charge in [0.05, 0.1) is 6.54 Å². The summed E-state index contributed by atoms with van der Waals surface area (Å²) >= 11 is 3.49. The summed E-state index contributed by atoms with van der Waals surface area (Å²) in [6.07, 6.45) is 7.30. The molecule has 1 saturated carbocycles. The van der Waals surface area contributed by atoms with Crippen molar-refractivity contribution in [1.29, 1.82) is 0 Å². The molecule has 0 atom stereocenters. The zero-order chi connectivity index (χ0) is 19.3. The number of aromatic nitrogens is 2. The number of imidazole rings is 1. The summed E-state index contributed by atoms with van der Waals surface area (Å²) < 4.78 is 27.8. The fourth-order valence-electron chi connectivity index (χ4n) is 3.72. The molecule has 0 amide bonds. The molecule has 2 N–H and O–H groups in total. The fraction of sp³-hybridized carbons (Fsp3) is 0.474. The zero-order valence-electron chi connectivity index (χ0n) is 15.7. The van der Waals surface area contributed by atoms with Crippen LogP contribution in [0.2, 0.25) is 0 Å². The maximum Gasteiger partial charge on any atom is 0.319 e. The molecule has 1 aliphatic rings. The first-order valence-electron chi connectivity index (χ1n) is 9.04. The average Bonchev–Trinajstić information content (AvgIpc) is 3.32. The van der Waals surface area contributed by atoms with E-state index in [0.717, 1.165) is 28.4 Å². The molecule has 3 rings (SSSR count). The van der Waals surface area contributed by atoms with Crippen molar-refractivity contribution < 1.29 is 8.78 Å². The summed E-state index contributed by atoms with van der Waals surface area (Å²) in [6.45, 7) is -1.67. The number of nitrogens with one attached hydrogen (secondary N) is 2. The van der Waals surface area contributed by atoms with Crippen molar-refractivity contribution >= 4 is 45.9 Å². The van der Waals surface area contributed by atoms with Crippen LogP contribution in [0.25, 0.3) is 0 Å². The van der Waals surface area contributed by atoms with Gasteiger partial charge >= 0.3 is 6.55 Å². The zero-order valence-corrected chi connectivity index (χ0v) is 19.6. The third-order valence-electron chi connectivity index (χ3n) is 5.21. The Morgan fingerprint density at radius 2 is 1.93 bits per heavy atom. The van der Waals surface area contributed by atoms with Crippen LogP contribution in [0.3, 0.4) is 0 Å². The second-order valence-electron chi connectivity index (χ2n) is 6.80. The van der Waals surface area contributed by atoms with Crippen LogP contribution in [-0.2, 0) is 12.0 Å². The summed E-state index contributed by atoms with van der Waals surface area (Å²) in [5.41, 5.74) is 1.39. The van der Waals surface area contributed by atoms with Crippen molar-refractivity contribution in [2.24, 2.45) is 4.99 Å². The van der Waals surface area contributed by atoms with Gasteiger partial charge in [-0.15, -0.1) is 24.0 Å². The molecule has 154 valence electrons. The Morgan fingerprint density at radius 1 is 1.25 bits per heavy atom. The molecule has 0 aliphatic heterocycles. The van der Waals surface area contributed by atoms with Crippen LogP contribution >= 0.6 is 39.9 Å². The number of guanidine groups is 1. The third kappa shape index (κ3) is 5.43. The largest absolute Gasteiger partial charge is 0.356 e. The number of aliphatic imine (C=N–C) groups is 1. The van der Waals surface area contributed by atoms with Crippen LogP contribution in [0, 0.1) is 0 Å². The lowest BCUT2D eigenvalue weighted by Gasteiger charge is -2.31. The first kappa shape index (κ1) is 23.1. The van der Waals surface area contributed by atoms with E-state index in [-0.39, 0.29) is 41.8 Å². The van der Waals surface area contributed by atoms with Crippen molar-refractivity contribution in [1.82, 2.24) is 20.2 Å². The Bertz CT molecular complexity index is 773. The van der Waals surface area contributed by atoms with E-state index in [9.17, 15) is 8.78 Å². The molecule has 0 unspecified atom stereocenters. The molecular formula is C19H25BrF2IN5. The quantitative estimate of drug-likeness (QED) is 0.298. The van der Waals surface area contributed by atoms with Gasteiger partial charge in [0, 0.05) is 35.9 Å². The molecule has 0 bridgehead atoms. The maximum absolute atomic E-state index is 12.9. The van der Waals surface area contributed by atoms with Crippen LogP contribution in [0.4, 0.5) is 8.78 Å². The number of halogens is 4. The molecular weight excluding hydrogens is 543 g/mol. The number of nitrogens with zero attached hydrogens (tertiary/aromatic N) is 3. The monoisotopic (exact) mass is 567 g/mol. The predicted octanol–water partition coefficient (Wildman–Crippen LogP) is 4.84. The highest BCUT2D eigenvalue weighted by atomic mass is 127. The topological polar surface area (TPSA) is 54.2 Å². The Labute approximate surface area is 189 Å². The number of alkyl halides is 2. The van der Waals surface area contributed by atoms with E-state index < -0.39 is 6.55 Å². The smallest absolute Gasteiger partial charge is 0.319 e. The van der Waals surface area contributed by atoms with Gasteiger partial charge in [0.25, 0.3) is 0 Å². The first-order chi connectivity index (χ1) is 13.0. The minimum absolute atomic E-state index is 0. The van der Waals surface area contributed by atoms with Crippen LogP contribution < -0.4 is 10.6 Å². The van der Waals surface area contributed by atoms with Gasteiger partial charge in [-0.1, -0.05) is 40.9 Å². The number of hydrogen-bond acceptors (Lipinski definition) is 2. The summed E-state index contributed by atoms with van der Waals surface area (Å²) in [6, 6.07) is 8.50. The Morgan fingerprint density at radius 3 is 2.54 bits per heavy atom. The summed E-state index contributed by atoms with van der Waals surface area (Å²) in [5.74, 6) is 0.860. The van der Waals surface area contributed by atoms with Gasteiger partial charge in [-0.05, 0) is 30.5 Å². The molecule has 28 heavy (non-hydrogen) atoms. The van der Waals surface area contributed by atoms with Crippen molar-refractivity contribution in [3.8, 4) is 0 Å². The van der Waals surface area contributed by atoms with E-state index in [0.29, 0.717) is 5.96 Å². The molecule has 0 saturated heterocycles. The summed E-state index contributed by atoms with van der Waals surface area (Å²) in [4.78, 5) is 8.21. The second-order valence-corrected chi connectivity index (χ2v) is 7.72. The molecule has 1 fully saturated rings. The van der Waals surface area contributed by atoms with Gasteiger partial charge in [0.15, 0.2) is 5.96 Å². The molecule has 1 aromatic carbocycles. The normalized spacial score (nSPS) is 16.1.